The summed E-state index contributed by atoms with van der Waals surface area (Å²) >= 11 is 6.86. The normalized spacial score (nSPS) is 12.5. The lowest BCUT2D eigenvalue weighted by atomic mass is 10.1. The molecular formula is C11H13Br2N. The Balaban J connectivity index is 2.65. The fraction of sp³-hybridized carbons (Fsp3) is 0.273. The van der Waals surface area contributed by atoms with E-state index >= 15 is 0 Å². The van der Waals surface area contributed by atoms with Gasteiger partial charge in [-0.3, -0.25) is 0 Å². The first-order chi connectivity index (χ1) is 6.61. The van der Waals surface area contributed by atoms with E-state index in [1.807, 2.05) is 12.1 Å². The summed E-state index contributed by atoms with van der Waals surface area (Å²) in [5.41, 5.74) is 1.27. The molecule has 1 aromatic rings. The molecule has 0 aromatic heterocycles. The Morgan fingerprint density at radius 2 is 2.14 bits per heavy atom. The summed E-state index contributed by atoms with van der Waals surface area (Å²) < 4.78 is 2.11. The van der Waals surface area contributed by atoms with E-state index in [1.54, 1.807) is 0 Å². The fourth-order valence-electron chi connectivity index (χ4n) is 1.20. The lowest BCUT2D eigenvalue weighted by molar-refractivity contribution is 0.613. The molecule has 1 nitrogen and oxygen atoms in total. The molecule has 0 aliphatic heterocycles. The number of hydrogen-bond donors (Lipinski definition) is 1. The predicted molar refractivity (Wildman–Crippen MR) is 68.6 cm³/mol. The maximum absolute atomic E-state index is 3.79. The molecule has 0 aliphatic carbocycles. The highest BCUT2D eigenvalue weighted by molar-refractivity contribution is 9.11. The van der Waals surface area contributed by atoms with Gasteiger partial charge in [0.05, 0.1) is 0 Å². The third kappa shape index (κ3) is 3.56. The van der Waals surface area contributed by atoms with Crippen LogP contribution >= 0.6 is 31.9 Å². The molecule has 3 heteroatoms. The minimum Gasteiger partial charge on any atom is -0.306 e. The highest BCUT2D eigenvalue weighted by atomic mass is 79.9. The van der Waals surface area contributed by atoms with Crippen molar-refractivity contribution in [1.82, 2.24) is 5.32 Å². The Hall–Kier alpha value is -0.120. The van der Waals surface area contributed by atoms with E-state index in [0.717, 1.165) is 15.5 Å². The van der Waals surface area contributed by atoms with E-state index in [2.05, 4.69) is 62.8 Å². The van der Waals surface area contributed by atoms with Crippen molar-refractivity contribution in [2.75, 3.05) is 6.54 Å². The average Bonchev–Trinajstić information content (AvgIpc) is 2.15. The standard InChI is InChI=1S/C11H13Br2N/c1-8(12)7-14-9(2)10-5-3-4-6-11(10)13/h3-6,9,14H,1,7H2,2H3. The SMILES string of the molecule is C=C(Br)CNC(C)c1ccccc1Br. The Morgan fingerprint density at radius 1 is 1.50 bits per heavy atom. The molecule has 0 saturated carbocycles. The smallest absolute Gasteiger partial charge is 0.0306 e. The number of rotatable bonds is 4. The minimum atomic E-state index is 0.319. The lowest BCUT2D eigenvalue weighted by Gasteiger charge is -2.15. The molecule has 1 aromatic carbocycles. The molecule has 0 spiro atoms. The summed E-state index contributed by atoms with van der Waals surface area (Å²) in [5.74, 6) is 0. The second-order valence-corrected chi connectivity index (χ2v) is 5.12. The molecule has 0 aliphatic rings. The second-order valence-electron chi connectivity index (χ2n) is 3.14. The van der Waals surface area contributed by atoms with Crippen LogP contribution in [0.25, 0.3) is 0 Å². The van der Waals surface area contributed by atoms with Gasteiger partial charge < -0.3 is 5.32 Å². The van der Waals surface area contributed by atoms with Crippen molar-refractivity contribution in [3.8, 4) is 0 Å². The number of halogens is 2. The third-order valence-corrected chi connectivity index (χ3v) is 2.97. The van der Waals surface area contributed by atoms with E-state index in [4.69, 9.17) is 0 Å². The van der Waals surface area contributed by atoms with Crippen LogP contribution in [0.4, 0.5) is 0 Å². The summed E-state index contributed by atoms with van der Waals surface area (Å²) in [7, 11) is 0. The molecule has 14 heavy (non-hydrogen) atoms. The van der Waals surface area contributed by atoms with Crippen molar-refractivity contribution in [2.45, 2.75) is 13.0 Å². The highest BCUT2D eigenvalue weighted by Crippen LogP contribution is 2.22. The lowest BCUT2D eigenvalue weighted by Crippen LogP contribution is -2.19. The first-order valence-corrected chi connectivity index (χ1v) is 6.01. The van der Waals surface area contributed by atoms with Crippen molar-refractivity contribution in [3.05, 3.63) is 45.4 Å². The highest BCUT2D eigenvalue weighted by Gasteiger charge is 2.07. The molecule has 0 heterocycles. The van der Waals surface area contributed by atoms with Gasteiger partial charge in [0.2, 0.25) is 0 Å². The van der Waals surface area contributed by atoms with Gasteiger partial charge in [-0.25, -0.2) is 0 Å². The van der Waals surface area contributed by atoms with Gasteiger partial charge in [-0.1, -0.05) is 56.6 Å². The zero-order valence-corrected chi connectivity index (χ0v) is 11.2. The average molecular weight is 319 g/mol. The molecule has 0 bridgehead atoms. The van der Waals surface area contributed by atoms with Gasteiger partial charge in [0.1, 0.15) is 0 Å². The number of nitrogens with one attached hydrogen (secondary N) is 1. The first kappa shape index (κ1) is 12.0. The monoisotopic (exact) mass is 317 g/mol. The molecule has 1 N–H and O–H groups in total. The molecule has 1 rings (SSSR count). The van der Waals surface area contributed by atoms with Crippen LogP contribution in [0.5, 0.6) is 0 Å². The van der Waals surface area contributed by atoms with Gasteiger partial charge in [-0.2, -0.15) is 0 Å². The van der Waals surface area contributed by atoms with Gasteiger partial charge in [0.25, 0.3) is 0 Å². The first-order valence-electron chi connectivity index (χ1n) is 4.42. The Morgan fingerprint density at radius 3 is 2.71 bits per heavy atom. The van der Waals surface area contributed by atoms with Crippen LogP contribution in [0.1, 0.15) is 18.5 Å². The largest absolute Gasteiger partial charge is 0.306 e. The summed E-state index contributed by atoms with van der Waals surface area (Å²) in [6, 6.07) is 8.54. The van der Waals surface area contributed by atoms with Crippen molar-refractivity contribution < 1.29 is 0 Å². The summed E-state index contributed by atoms with van der Waals surface area (Å²) in [4.78, 5) is 0. The number of benzene rings is 1. The summed E-state index contributed by atoms with van der Waals surface area (Å²) in [6.07, 6.45) is 0. The number of hydrogen-bond acceptors (Lipinski definition) is 1. The molecule has 0 radical (unpaired) electrons. The minimum absolute atomic E-state index is 0.319. The van der Waals surface area contributed by atoms with Gasteiger partial charge in [-0.15, -0.1) is 0 Å². The van der Waals surface area contributed by atoms with E-state index in [9.17, 15) is 0 Å². The van der Waals surface area contributed by atoms with Gasteiger partial charge >= 0.3 is 0 Å². The zero-order valence-electron chi connectivity index (χ0n) is 8.06. The summed E-state index contributed by atoms with van der Waals surface area (Å²) in [5, 5.41) is 3.36. The third-order valence-electron chi connectivity index (χ3n) is 1.97. The van der Waals surface area contributed by atoms with Crippen LogP contribution in [0.2, 0.25) is 0 Å². The molecular weight excluding hydrogens is 306 g/mol. The molecule has 0 saturated heterocycles. The fourth-order valence-corrected chi connectivity index (χ4v) is 1.99. The Labute approximate surface area is 102 Å². The zero-order chi connectivity index (χ0) is 10.6. The van der Waals surface area contributed by atoms with Crippen LogP contribution < -0.4 is 5.32 Å². The maximum atomic E-state index is 3.79. The molecule has 76 valence electrons. The van der Waals surface area contributed by atoms with Gasteiger partial charge in [0.15, 0.2) is 0 Å². The second kappa shape index (κ2) is 5.69. The summed E-state index contributed by atoms with van der Waals surface area (Å²) in [6.45, 7) is 6.70. The Kier molecular flexibility index (Phi) is 4.85. The van der Waals surface area contributed by atoms with Gasteiger partial charge in [0, 0.05) is 21.5 Å². The molecule has 0 fully saturated rings. The topological polar surface area (TPSA) is 12.0 Å². The van der Waals surface area contributed by atoms with Crippen LogP contribution in [-0.4, -0.2) is 6.54 Å². The van der Waals surface area contributed by atoms with Crippen LogP contribution in [0.3, 0.4) is 0 Å². The quantitative estimate of drug-likeness (QED) is 0.884. The van der Waals surface area contributed by atoms with E-state index < -0.39 is 0 Å². The van der Waals surface area contributed by atoms with E-state index in [0.29, 0.717) is 6.04 Å². The van der Waals surface area contributed by atoms with Crippen molar-refractivity contribution in [2.24, 2.45) is 0 Å². The van der Waals surface area contributed by atoms with Crippen LogP contribution in [0, 0.1) is 0 Å². The maximum Gasteiger partial charge on any atom is 0.0306 e. The Bertz CT molecular complexity index is 323. The van der Waals surface area contributed by atoms with Gasteiger partial charge in [-0.05, 0) is 18.6 Å². The van der Waals surface area contributed by atoms with Crippen molar-refractivity contribution in [1.29, 1.82) is 0 Å². The van der Waals surface area contributed by atoms with Crippen LogP contribution in [-0.2, 0) is 0 Å². The van der Waals surface area contributed by atoms with Crippen LogP contribution in [0.15, 0.2) is 39.8 Å². The van der Waals surface area contributed by atoms with E-state index in [-0.39, 0.29) is 0 Å². The van der Waals surface area contributed by atoms with E-state index in [1.165, 1.54) is 5.56 Å². The molecule has 1 unspecified atom stereocenters. The molecule has 1 atom stereocenters. The van der Waals surface area contributed by atoms with Crippen molar-refractivity contribution >= 4 is 31.9 Å². The molecule has 0 amide bonds. The van der Waals surface area contributed by atoms with Crippen molar-refractivity contribution in [3.63, 3.8) is 0 Å². The predicted octanol–water partition coefficient (Wildman–Crippen LogP) is 4.01.